The van der Waals surface area contributed by atoms with E-state index < -0.39 is 24.2 Å². The van der Waals surface area contributed by atoms with E-state index in [1.54, 1.807) is 13.8 Å². The minimum atomic E-state index is -2.75. The number of ether oxygens (including phenoxy) is 1. The zero-order valence-electron chi connectivity index (χ0n) is 10.7. The molecular formula is C12H19F2NO3. The van der Waals surface area contributed by atoms with Crippen LogP contribution >= 0.6 is 0 Å². The number of rotatable bonds is 5. The lowest BCUT2D eigenvalue weighted by Gasteiger charge is -2.23. The van der Waals surface area contributed by atoms with E-state index in [4.69, 9.17) is 4.74 Å². The minimum absolute atomic E-state index is 0.161. The van der Waals surface area contributed by atoms with Gasteiger partial charge in [-0.25, -0.2) is 8.78 Å². The van der Waals surface area contributed by atoms with E-state index in [0.29, 0.717) is 6.54 Å². The molecule has 0 aromatic carbocycles. The number of likely N-dealkylation sites (N-methyl/N-ethyl adjacent to an activating group) is 1. The summed E-state index contributed by atoms with van der Waals surface area (Å²) in [6, 6.07) is 0. The fraction of sp³-hybridized carbons (Fsp3) is 0.833. The molecule has 0 aliphatic heterocycles. The third kappa shape index (κ3) is 3.92. The SMILES string of the molecule is CCOC(=O)CN(CC)C(=O)C1CCC(F)(F)C1. The molecule has 18 heavy (non-hydrogen) atoms. The van der Waals surface area contributed by atoms with Gasteiger partial charge in [0.1, 0.15) is 6.54 Å². The minimum Gasteiger partial charge on any atom is -0.465 e. The van der Waals surface area contributed by atoms with Crippen LogP contribution in [0.5, 0.6) is 0 Å². The molecule has 1 unspecified atom stereocenters. The van der Waals surface area contributed by atoms with Crippen molar-refractivity contribution in [1.82, 2.24) is 4.90 Å². The van der Waals surface area contributed by atoms with Gasteiger partial charge in [-0.1, -0.05) is 0 Å². The molecule has 1 aliphatic carbocycles. The van der Waals surface area contributed by atoms with Crippen LogP contribution in [0.3, 0.4) is 0 Å². The summed E-state index contributed by atoms with van der Waals surface area (Å²) >= 11 is 0. The number of nitrogens with zero attached hydrogens (tertiary/aromatic N) is 1. The number of hydrogen-bond acceptors (Lipinski definition) is 3. The normalized spacial score (nSPS) is 21.7. The van der Waals surface area contributed by atoms with Crippen LogP contribution in [-0.2, 0) is 14.3 Å². The highest BCUT2D eigenvalue weighted by molar-refractivity contribution is 5.84. The Labute approximate surface area is 105 Å². The maximum atomic E-state index is 13.0. The summed E-state index contributed by atoms with van der Waals surface area (Å²) in [6.07, 6.45) is -0.476. The van der Waals surface area contributed by atoms with E-state index in [0.717, 1.165) is 0 Å². The van der Waals surface area contributed by atoms with Crippen LogP contribution in [0.1, 0.15) is 33.1 Å². The summed E-state index contributed by atoms with van der Waals surface area (Å²) < 4.78 is 30.8. The topological polar surface area (TPSA) is 46.6 Å². The smallest absolute Gasteiger partial charge is 0.325 e. The number of hydrogen-bond donors (Lipinski definition) is 0. The van der Waals surface area contributed by atoms with Gasteiger partial charge in [0.15, 0.2) is 0 Å². The Kier molecular flexibility index (Phi) is 5.04. The van der Waals surface area contributed by atoms with Crippen molar-refractivity contribution in [3.63, 3.8) is 0 Å². The van der Waals surface area contributed by atoms with Gasteiger partial charge in [0.05, 0.1) is 6.61 Å². The van der Waals surface area contributed by atoms with Crippen molar-refractivity contribution < 1.29 is 23.1 Å². The first-order valence-electron chi connectivity index (χ1n) is 6.22. The van der Waals surface area contributed by atoms with Crippen molar-refractivity contribution in [3.05, 3.63) is 0 Å². The van der Waals surface area contributed by atoms with Gasteiger partial charge < -0.3 is 9.64 Å². The molecule has 0 heterocycles. The van der Waals surface area contributed by atoms with E-state index in [-0.39, 0.29) is 31.9 Å². The van der Waals surface area contributed by atoms with Crippen LogP contribution in [0.4, 0.5) is 8.78 Å². The Morgan fingerprint density at radius 3 is 2.50 bits per heavy atom. The maximum Gasteiger partial charge on any atom is 0.325 e. The van der Waals surface area contributed by atoms with Crippen LogP contribution in [0.15, 0.2) is 0 Å². The summed E-state index contributed by atoms with van der Waals surface area (Å²) in [5.41, 5.74) is 0. The van der Waals surface area contributed by atoms with Gasteiger partial charge in [-0.3, -0.25) is 9.59 Å². The molecule has 1 saturated carbocycles. The molecular weight excluding hydrogens is 244 g/mol. The predicted octanol–water partition coefficient (Wildman–Crippen LogP) is 1.83. The highest BCUT2D eigenvalue weighted by atomic mass is 19.3. The number of alkyl halides is 2. The molecule has 1 fully saturated rings. The summed E-state index contributed by atoms with van der Waals surface area (Å²) in [7, 11) is 0. The predicted molar refractivity (Wildman–Crippen MR) is 61.2 cm³/mol. The molecule has 0 aromatic rings. The van der Waals surface area contributed by atoms with Crippen molar-refractivity contribution in [3.8, 4) is 0 Å². The number of esters is 1. The monoisotopic (exact) mass is 263 g/mol. The Morgan fingerprint density at radius 1 is 1.39 bits per heavy atom. The third-order valence-electron chi connectivity index (χ3n) is 3.07. The second-order valence-corrected chi connectivity index (χ2v) is 4.45. The maximum absolute atomic E-state index is 13.0. The number of halogens is 2. The lowest BCUT2D eigenvalue weighted by Crippen LogP contribution is -2.39. The third-order valence-corrected chi connectivity index (χ3v) is 3.07. The van der Waals surface area contributed by atoms with Gasteiger partial charge in [-0.05, 0) is 20.3 Å². The first kappa shape index (κ1) is 14.9. The molecule has 0 radical (unpaired) electrons. The van der Waals surface area contributed by atoms with Gasteiger partial charge in [0.25, 0.3) is 0 Å². The molecule has 0 saturated heterocycles. The Balaban J connectivity index is 2.55. The van der Waals surface area contributed by atoms with Gasteiger partial charge in [-0.2, -0.15) is 0 Å². The second kappa shape index (κ2) is 6.11. The molecule has 1 rings (SSSR count). The molecule has 104 valence electrons. The van der Waals surface area contributed by atoms with E-state index >= 15 is 0 Å². The highest BCUT2D eigenvalue weighted by Gasteiger charge is 2.43. The zero-order chi connectivity index (χ0) is 13.8. The van der Waals surface area contributed by atoms with Crippen molar-refractivity contribution in [2.24, 2.45) is 5.92 Å². The average Bonchev–Trinajstić information content (AvgIpc) is 2.66. The van der Waals surface area contributed by atoms with E-state index in [1.807, 2.05) is 0 Å². The number of carbonyl (C=O) groups excluding carboxylic acids is 2. The van der Waals surface area contributed by atoms with Crippen molar-refractivity contribution in [1.29, 1.82) is 0 Å². The number of carbonyl (C=O) groups is 2. The van der Waals surface area contributed by atoms with Crippen LogP contribution in [-0.4, -0.2) is 42.4 Å². The molecule has 0 spiro atoms. The summed E-state index contributed by atoms with van der Waals surface area (Å²) in [6.45, 7) is 3.79. The molecule has 0 N–H and O–H groups in total. The Morgan fingerprint density at radius 2 is 2.06 bits per heavy atom. The fourth-order valence-corrected chi connectivity index (χ4v) is 2.13. The Hall–Kier alpha value is -1.20. The molecule has 6 heteroatoms. The highest BCUT2D eigenvalue weighted by Crippen LogP contribution is 2.39. The Bertz CT molecular complexity index is 320. The zero-order valence-corrected chi connectivity index (χ0v) is 10.7. The first-order chi connectivity index (χ1) is 8.39. The summed E-state index contributed by atoms with van der Waals surface area (Å²) in [5.74, 6) is -4.29. The second-order valence-electron chi connectivity index (χ2n) is 4.45. The summed E-state index contributed by atoms with van der Waals surface area (Å²) in [5, 5.41) is 0. The number of amides is 1. The quantitative estimate of drug-likeness (QED) is 0.711. The molecule has 1 amide bonds. The van der Waals surface area contributed by atoms with Crippen LogP contribution < -0.4 is 0 Å². The van der Waals surface area contributed by atoms with E-state index in [2.05, 4.69) is 0 Å². The van der Waals surface area contributed by atoms with Crippen LogP contribution in [0.2, 0.25) is 0 Å². The lowest BCUT2D eigenvalue weighted by atomic mass is 10.1. The van der Waals surface area contributed by atoms with Crippen molar-refractivity contribution >= 4 is 11.9 Å². The van der Waals surface area contributed by atoms with Gasteiger partial charge >= 0.3 is 5.97 Å². The molecule has 1 atom stereocenters. The van der Waals surface area contributed by atoms with E-state index in [1.165, 1.54) is 4.90 Å². The molecule has 0 aromatic heterocycles. The van der Waals surface area contributed by atoms with Crippen molar-refractivity contribution in [2.45, 2.75) is 39.0 Å². The van der Waals surface area contributed by atoms with Gasteiger partial charge in [0, 0.05) is 25.3 Å². The average molecular weight is 263 g/mol. The molecule has 4 nitrogen and oxygen atoms in total. The lowest BCUT2D eigenvalue weighted by molar-refractivity contribution is -0.150. The van der Waals surface area contributed by atoms with Crippen LogP contribution in [0.25, 0.3) is 0 Å². The van der Waals surface area contributed by atoms with Gasteiger partial charge in [-0.15, -0.1) is 0 Å². The van der Waals surface area contributed by atoms with Crippen LogP contribution in [0, 0.1) is 5.92 Å². The molecule has 0 bridgehead atoms. The fourth-order valence-electron chi connectivity index (χ4n) is 2.13. The van der Waals surface area contributed by atoms with Crippen molar-refractivity contribution in [2.75, 3.05) is 19.7 Å². The largest absolute Gasteiger partial charge is 0.465 e. The molecule has 1 aliphatic rings. The summed E-state index contributed by atoms with van der Waals surface area (Å²) in [4.78, 5) is 24.6. The standard InChI is InChI=1S/C12H19F2NO3/c1-3-15(8-10(16)18-4-2)11(17)9-5-6-12(13,14)7-9/h9H,3-8H2,1-2H3. The first-order valence-corrected chi connectivity index (χ1v) is 6.22. The van der Waals surface area contributed by atoms with Gasteiger partial charge in [0.2, 0.25) is 11.8 Å². The van der Waals surface area contributed by atoms with E-state index in [9.17, 15) is 18.4 Å².